The molecule has 0 bridgehead atoms. The molecule has 0 rings (SSSR count). The summed E-state index contributed by atoms with van der Waals surface area (Å²) in [6, 6.07) is 0. The molecule has 0 aliphatic heterocycles. The van der Waals surface area contributed by atoms with Crippen molar-refractivity contribution >= 4 is 17.9 Å². The number of carboxylic acids is 3. The lowest BCUT2D eigenvalue weighted by Crippen LogP contribution is -2.12. The molecule has 0 heterocycles. The zero-order valence-corrected chi connectivity index (χ0v) is 6.77. The van der Waals surface area contributed by atoms with Crippen molar-refractivity contribution in [3.63, 3.8) is 0 Å². The lowest BCUT2D eigenvalue weighted by Gasteiger charge is -2.00. The van der Waals surface area contributed by atoms with Gasteiger partial charge in [-0.15, -0.1) is 0 Å². The van der Waals surface area contributed by atoms with Gasteiger partial charge in [-0.1, -0.05) is 0 Å². The van der Waals surface area contributed by atoms with Gasteiger partial charge in [-0.25, -0.2) is 9.59 Å². The normalized spacial score (nSPS) is 11.8. The molecule has 0 atom stereocenters. The van der Waals surface area contributed by atoms with E-state index in [2.05, 4.69) is 0 Å². The molecule has 0 aliphatic rings. The second-order valence-electron chi connectivity index (χ2n) is 2.28. The molecular formula is C7H8O6. The minimum absolute atomic E-state index is 0.463. The molecule has 6 nitrogen and oxygen atoms in total. The van der Waals surface area contributed by atoms with Gasteiger partial charge in [0.15, 0.2) is 0 Å². The maximum absolute atomic E-state index is 10.4. The number of carboxylic acid groups (broad SMARTS) is 3. The van der Waals surface area contributed by atoms with Crippen molar-refractivity contribution in [1.82, 2.24) is 0 Å². The minimum Gasteiger partial charge on any atom is -0.481 e. The van der Waals surface area contributed by atoms with Crippen LogP contribution in [0.3, 0.4) is 0 Å². The summed E-state index contributed by atoms with van der Waals surface area (Å²) in [5, 5.41) is 25.1. The fraction of sp³-hybridized carbons (Fsp3) is 0.286. The van der Waals surface area contributed by atoms with Gasteiger partial charge in [-0.05, 0) is 6.92 Å². The average Bonchev–Trinajstić information content (AvgIpc) is 1.97. The van der Waals surface area contributed by atoms with E-state index in [4.69, 9.17) is 15.3 Å². The van der Waals surface area contributed by atoms with E-state index in [1.807, 2.05) is 0 Å². The molecule has 6 heteroatoms. The molecule has 0 amide bonds. The molecule has 0 aromatic heterocycles. The Morgan fingerprint density at radius 2 is 1.46 bits per heavy atom. The van der Waals surface area contributed by atoms with E-state index in [-0.39, 0.29) is 0 Å². The van der Waals surface area contributed by atoms with Crippen LogP contribution in [-0.4, -0.2) is 33.2 Å². The highest BCUT2D eigenvalue weighted by atomic mass is 16.4. The third kappa shape index (κ3) is 3.37. The summed E-state index contributed by atoms with van der Waals surface area (Å²) >= 11 is 0. The highest BCUT2D eigenvalue weighted by Crippen LogP contribution is 2.09. The summed E-state index contributed by atoms with van der Waals surface area (Å²) in [5.41, 5.74) is -1.07. The van der Waals surface area contributed by atoms with Crippen LogP contribution in [0.25, 0.3) is 0 Å². The average molecular weight is 188 g/mol. The van der Waals surface area contributed by atoms with Crippen LogP contribution in [0.2, 0.25) is 0 Å². The molecule has 0 aromatic carbocycles. The first-order valence-electron chi connectivity index (χ1n) is 3.24. The maximum Gasteiger partial charge on any atom is 0.332 e. The summed E-state index contributed by atoms with van der Waals surface area (Å²) < 4.78 is 0. The van der Waals surface area contributed by atoms with Crippen molar-refractivity contribution in [3.8, 4) is 0 Å². The van der Waals surface area contributed by atoms with Crippen molar-refractivity contribution in [2.45, 2.75) is 13.3 Å². The first kappa shape index (κ1) is 11.2. The third-order valence-corrected chi connectivity index (χ3v) is 1.36. The van der Waals surface area contributed by atoms with Gasteiger partial charge in [-0.3, -0.25) is 4.79 Å². The number of hydrogen-bond acceptors (Lipinski definition) is 3. The fourth-order valence-electron chi connectivity index (χ4n) is 0.649. The number of rotatable bonds is 4. The Kier molecular flexibility index (Phi) is 3.64. The minimum atomic E-state index is -1.53. The number of aliphatic carboxylic acids is 3. The van der Waals surface area contributed by atoms with Crippen LogP contribution in [-0.2, 0) is 14.4 Å². The standard InChI is InChI=1S/C7H8O6/c1-3(6(10)11)4(7(12)13)2-5(8)9/h2H2,1H3,(H,8,9)(H,10,11)(H,12,13). The summed E-state index contributed by atoms with van der Waals surface area (Å²) in [4.78, 5) is 30.9. The second-order valence-corrected chi connectivity index (χ2v) is 2.28. The Hall–Kier alpha value is -1.85. The molecule has 0 saturated carbocycles. The summed E-state index contributed by atoms with van der Waals surface area (Å²) in [6.45, 7) is 1.05. The van der Waals surface area contributed by atoms with E-state index in [1.165, 1.54) is 0 Å². The lowest BCUT2D eigenvalue weighted by atomic mass is 10.1. The van der Waals surface area contributed by atoms with Gasteiger partial charge in [0.25, 0.3) is 0 Å². The van der Waals surface area contributed by atoms with Crippen molar-refractivity contribution in [1.29, 1.82) is 0 Å². The van der Waals surface area contributed by atoms with Crippen molar-refractivity contribution in [2.24, 2.45) is 0 Å². The predicted octanol–water partition coefficient (Wildman–Crippen LogP) is -0.0532. The van der Waals surface area contributed by atoms with E-state index in [9.17, 15) is 14.4 Å². The van der Waals surface area contributed by atoms with E-state index in [1.54, 1.807) is 0 Å². The van der Waals surface area contributed by atoms with Crippen molar-refractivity contribution in [3.05, 3.63) is 11.1 Å². The smallest absolute Gasteiger partial charge is 0.332 e. The van der Waals surface area contributed by atoms with E-state index >= 15 is 0 Å². The SMILES string of the molecule is CC(C(=O)O)=C(CC(=O)O)C(=O)O. The van der Waals surface area contributed by atoms with Gasteiger partial charge in [0.05, 0.1) is 12.0 Å². The summed E-state index contributed by atoms with van der Waals surface area (Å²) in [7, 11) is 0. The predicted molar refractivity (Wildman–Crippen MR) is 40.2 cm³/mol. The molecule has 0 spiro atoms. The molecule has 0 unspecified atom stereocenters. The van der Waals surface area contributed by atoms with E-state index < -0.39 is 35.5 Å². The molecule has 13 heavy (non-hydrogen) atoms. The third-order valence-electron chi connectivity index (χ3n) is 1.36. The zero-order chi connectivity index (χ0) is 10.6. The lowest BCUT2D eigenvalue weighted by molar-refractivity contribution is -0.140. The van der Waals surface area contributed by atoms with Gasteiger partial charge in [0.2, 0.25) is 0 Å². The summed E-state index contributed by atoms with van der Waals surface area (Å²) in [5.74, 6) is -4.33. The van der Waals surface area contributed by atoms with Gasteiger partial charge < -0.3 is 15.3 Å². The molecule has 3 N–H and O–H groups in total. The van der Waals surface area contributed by atoms with Gasteiger partial charge in [0, 0.05) is 5.57 Å². The van der Waals surface area contributed by atoms with Gasteiger partial charge >= 0.3 is 17.9 Å². The quantitative estimate of drug-likeness (QED) is 0.533. The molecule has 0 aliphatic carbocycles. The van der Waals surface area contributed by atoms with E-state index in [0.717, 1.165) is 6.92 Å². The van der Waals surface area contributed by atoms with Crippen LogP contribution < -0.4 is 0 Å². The van der Waals surface area contributed by atoms with Crippen LogP contribution >= 0.6 is 0 Å². The maximum atomic E-state index is 10.4. The van der Waals surface area contributed by atoms with Crippen LogP contribution in [0.4, 0.5) is 0 Å². The van der Waals surface area contributed by atoms with Crippen molar-refractivity contribution in [2.75, 3.05) is 0 Å². The Morgan fingerprint density at radius 3 is 1.69 bits per heavy atom. The van der Waals surface area contributed by atoms with Crippen molar-refractivity contribution < 1.29 is 29.7 Å². The van der Waals surface area contributed by atoms with Crippen LogP contribution in [0, 0.1) is 0 Å². The molecular weight excluding hydrogens is 180 g/mol. The molecule has 72 valence electrons. The summed E-state index contributed by atoms with van der Waals surface area (Å²) in [6.07, 6.45) is -0.798. The Morgan fingerprint density at radius 1 is 1.00 bits per heavy atom. The Labute approximate surface area is 73.1 Å². The zero-order valence-electron chi connectivity index (χ0n) is 6.77. The monoisotopic (exact) mass is 188 g/mol. The molecule has 0 radical (unpaired) electrons. The van der Waals surface area contributed by atoms with Gasteiger partial charge in [0.1, 0.15) is 0 Å². The Bertz CT molecular complexity index is 287. The highest BCUT2D eigenvalue weighted by molar-refractivity contribution is 6.01. The number of carbonyl (C=O) groups is 3. The van der Waals surface area contributed by atoms with Crippen LogP contribution in [0.1, 0.15) is 13.3 Å². The largest absolute Gasteiger partial charge is 0.481 e. The highest BCUT2D eigenvalue weighted by Gasteiger charge is 2.18. The number of hydrogen-bond donors (Lipinski definition) is 3. The molecule has 0 fully saturated rings. The topological polar surface area (TPSA) is 112 Å². The fourth-order valence-corrected chi connectivity index (χ4v) is 0.649. The van der Waals surface area contributed by atoms with Crippen LogP contribution in [0.15, 0.2) is 11.1 Å². The van der Waals surface area contributed by atoms with Crippen LogP contribution in [0.5, 0.6) is 0 Å². The van der Waals surface area contributed by atoms with E-state index in [0.29, 0.717) is 0 Å². The first-order chi connectivity index (χ1) is 5.86. The second kappa shape index (κ2) is 4.24. The van der Waals surface area contributed by atoms with Gasteiger partial charge in [-0.2, -0.15) is 0 Å². The first-order valence-corrected chi connectivity index (χ1v) is 3.24. The molecule has 0 saturated heterocycles. The Balaban J connectivity index is 5.00. The molecule has 0 aromatic rings.